The number of nitrogens with one attached hydrogen (secondary N) is 2. The molecule has 1 aliphatic heterocycles. The lowest BCUT2D eigenvalue weighted by atomic mass is 9.94. The number of carbonyl (C=O) groups is 1. The van der Waals surface area contributed by atoms with Gasteiger partial charge in [-0.2, -0.15) is 10.1 Å². The van der Waals surface area contributed by atoms with Gasteiger partial charge >= 0.3 is 0 Å². The Balaban J connectivity index is 1.82. The van der Waals surface area contributed by atoms with Gasteiger partial charge in [-0.15, -0.1) is 0 Å². The molecular formula is C26H30BrN5O3. The summed E-state index contributed by atoms with van der Waals surface area (Å²) in [7, 11) is 0. The van der Waals surface area contributed by atoms with Crippen molar-refractivity contribution in [2.24, 2.45) is 0 Å². The summed E-state index contributed by atoms with van der Waals surface area (Å²) in [5, 5.41) is 10.8. The van der Waals surface area contributed by atoms with Crippen molar-refractivity contribution in [2.45, 2.75) is 53.7 Å². The van der Waals surface area contributed by atoms with Crippen LogP contribution in [-0.2, 0) is 4.79 Å². The summed E-state index contributed by atoms with van der Waals surface area (Å²) in [5.41, 5.74) is 4.96. The Kier molecular flexibility index (Phi) is 7.16. The number of hydrogen-bond donors (Lipinski definition) is 2. The standard InChI is InChI=1S/C26H30BrN5O3/c1-7-34-21-12-18(11-19(27)24(21)35-14(2)3)23-22(17(6)30-26-28-13-29-32(23)26)25(33)31-20-10-8-9-15(4)16(20)5/h8-14,23H,7H2,1-6H3,(H,31,33)(H,28,29,30). The lowest BCUT2D eigenvalue weighted by molar-refractivity contribution is -0.113. The molecular weight excluding hydrogens is 510 g/mol. The van der Waals surface area contributed by atoms with Crippen LogP contribution in [0.3, 0.4) is 0 Å². The first-order valence-electron chi connectivity index (χ1n) is 11.6. The molecule has 0 spiro atoms. The maximum Gasteiger partial charge on any atom is 0.255 e. The summed E-state index contributed by atoms with van der Waals surface area (Å²) in [4.78, 5) is 18.1. The minimum absolute atomic E-state index is 0.0294. The number of allylic oxidation sites excluding steroid dienone is 1. The second-order valence-corrected chi connectivity index (χ2v) is 9.58. The average Bonchev–Trinajstić information content (AvgIpc) is 3.26. The molecule has 1 unspecified atom stereocenters. The maximum atomic E-state index is 13.7. The molecule has 184 valence electrons. The molecule has 0 fully saturated rings. The number of rotatable bonds is 7. The number of aromatic nitrogens is 3. The van der Waals surface area contributed by atoms with E-state index in [0.29, 0.717) is 35.3 Å². The molecule has 2 heterocycles. The molecule has 8 nitrogen and oxygen atoms in total. The van der Waals surface area contributed by atoms with Crippen molar-refractivity contribution < 1.29 is 14.3 Å². The van der Waals surface area contributed by atoms with E-state index in [1.165, 1.54) is 6.33 Å². The number of ether oxygens (including phenoxy) is 2. The number of hydrogen-bond acceptors (Lipinski definition) is 6. The topological polar surface area (TPSA) is 90.3 Å². The fourth-order valence-corrected chi connectivity index (χ4v) is 4.68. The molecule has 2 aromatic carbocycles. The van der Waals surface area contributed by atoms with Crippen molar-refractivity contribution in [1.82, 2.24) is 14.8 Å². The van der Waals surface area contributed by atoms with Gasteiger partial charge in [0.25, 0.3) is 5.91 Å². The molecule has 0 saturated heterocycles. The summed E-state index contributed by atoms with van der Waals surface area (Å²) in [6, 6.07) is 9.19. The monoisotopic (exact) mass is 539 g/mol. The van der Waals surface area contributed by atoms with Crippen LogP contribution in [-0.4, -0.2) is 33.4 Å². The van der Waals surface area contributed by atoms with Gasteiger partial charge in [0, 0.05) is 11.4 Å². The minimum atomic E-state index is -0.525. The largest absolute Gasteiger partial charge is 0.490 e. The van der Waals surface area contributed by atoms with E-state index in [2.05, 4.69) is 36.6 Å². The fraction of sp³-hybridized carbons (Fsp3) is 0.346. The molecule has 1 amide bonds. The van der Waals surface area contributed by atoms with Gasteiger partial charge in [0.05, 0.1) is 22.8 Å². The number of halogens is 1. The Bertz CT molecular complexity index is 1300. The molecule has 0 radical (unpaired) electrons. The highest BCUT2D eigenvalue weighted by Crippen LogP contribution is 2.43. The molecule has 0 aliphatic carbocycles. The van der Waals surface area contributed by atoms with E-state index in [-0.39, 0.29) is 12.0 Å². The van der Waals surface area contributed by atoms with Crippen LogP contribution < -0.4 is 20.1 Å². The van der Waals surface area contributed by atoms with Gasteiger partial charge in [-0.25, -0.2) is 4.68 Å². The molecule has 35 heavy (non-hydrogen) atoms. The third kappa shape index (κ3) is 4.91. The van der Waals surface area contributed by atoms with Crippen LogP contribution in [0.15, 0.2) is 52.4 Å². The van der Waals surface area contributed by atoms with E-state index in [1.54, 1.807) is 4.68 Å². The smallest absolute Gasteiger partial charge is 0.255 e. The van der Waals surface area contributed by atoms with E-state index >= 15 is 0 Å². The summed E-state index contributed by atoms with van der Waals surface area (Å²) >= 11 is 3.65. The Labute approximate surface area is 213 Å². The number of fused-ring (bicyclic) bond motifs is 1. The van der Waals surface area contributed by atoms with Crippen LogP contribution in [0.2, 0.25) is 0 Å². The van der Waals surface area contributed by atoms with E-state index in [9.17, 15) is 4.79 Å². The summed E-state index contributed by atoms with van der Waals surface area (Å²) < 4.78 is 14.4. The molecule has 1 aliphatic rings. The quantitative estimate of drug-likeness (QED) is 0.396. The number of aryl methyl sites for hydroxylation is 1. The average molecular weight is 540 g/mol. The number of anilines is 2. The zero-order valence-corrected chi connectivity index (χ0v) is 22.4. The molecule has 1 atom stereocenters. The van der Waals surface area contributed by atoms with Gasteiger partial charge < -0.3 is 20.1 Å². The van der Waals surface area contributed by atoms with Crippen molar-refractivity contribution in [3.05, 3.63) is 69.1 Å². The van der Waals surface area contributed by atoms with Crippen molar-refractivity contribution in [1.29, 1.82) is 0 Å². The molecule has 3 aromatic rings. The van der Waals surface area contributed by atoms with Crippen molar-refractivity contribution >= 4 is 33.5 Å². The molecule has 2 N–H and O–H groups in total. The number of benzene rings is 2. The molecule has 4 rings (SSSR count). The normalized spacial score (nSPS) is 15.0. The van der Waals surface area contributed by atoms with Gasteiger partial charge in [-0.3, -0.25) is 4.79 Å². The lowest BCUT2D eigenvalue weighted by Crippen LogP contribution is -2.31. The van der Waals surface area contributed by atoms with Gasteiger partial charge in [-0.05, 0) is 92.4 Å². The highest BCUT2D eigenvalue weighted by Gasteiger charge is 2.34. The maximum absolute atomic E-state index is 13.7. The fourth-order valence-electron chi connectivity index (χ4n) is 4.13. The van der Waals surface area contributed by atoms with E-state index in [4.69, 9.17) is 9.47 Å². The second kappa shape index (κ2) is 10.1. The number of carbonyl (C=O) groups excluding carboxylic acids is 1. The van der Waals surface area contributed by atoms with Gasteiger partial charge in [0.1, 0.15) is 12.4 Å². The first kappa shape index (κ1) is 24.8. The third-order valence-corrected chi connectivity index (χ3v) is 6.48. The van der Waals surface area contributed by atoms with Crippen LogP contribution in [0.1, 0.15) is 50.4 Å². The molecule has 1 aromatic heterocycles. The Morgan fingerprint density at radius 1 is 1.26 bits per heavy atom. The molecule has 0 saturated carbocycles. The Morgan fingerprint density at radius 2 is 2.03 bits per heavy atom. The summed E-state index contributed by atoms with van der Waals surface area (Å²) in [6.07, 6.45) is 1.45. The van der Waals surface area contributed by atoms with E-state index in [1.807, 2.05) is 71.9 Å². The van der Waals surface area contributed by atoms with Gasteiger partial charge in [0.15, 0.2) is 11.5 Å². The molecule has 0 bridgehead atoms. The minimum Gasteiger partial charge on any atom is -0.490 e. The Hall–Kier alpha value is -3.33. The number of amides is 1. The Morgan fingerprint density at radius 3 is 2.74 bits per heavy atom. The first-order valence-corrected chi connectivity index (χ1v) is 12.4. The van der Waals surface area contributed by atoms with Crippen molar-refractivity contribution in [3.8, 4) is 11.5 Å². The zero-order valence-electron chi connectivity index (χ0n) is 20.8. The third-order valence-electron chi connectivity index (χ3n) is 5.89. The van der Waals surface area contributed by atoms with Crippen molar-refractivity contribution in [3.63, 3.8) is 0 Å². The summed E-state index contributed by atoms with van der Waals surface area (Å²) in [6.45, 7) is 12.2. The van der Waals surface area contributed by atoms with Crippen LogP contribution in [0.4, 0.5) is 11.6 Å². The van der Waals surface area contributed by atoms with Crippen LogP contribution in [0.25, 0.3) is 0 Å². The lowest BCUT2D eigenvalue weighted by Gasteiger charge is -2.29. The zero-order chi connectivity index (χ0) is 25.3. The second-order valence-electron chi connectivity index (χ2n) is 8.73. The van der Waals surface area contributed by atoms with Gasteiger partial charge in [-0.1, -0.05) is 12.1 Å². The van der Waals surface area contributed by atoms with Crippen LogP contribution in [0.5, 0.6) is 11.5 Å². The summed E-state index contributed by atoms with van der Waals surface area (Å²) in [5.74, 6) is 1.57. The van der Waals surface area contributed by atoms with Crippen LogP contribution in [0, 0.1) is 13.8 Å². The van der Waals surface area contributed by atoms with E-state index in [0.717, 1.165) is 26.9 Å². The highest BCUT2D eigenvalue weighted by molar-refractivity contribution is 9.10. The number of nitrogens with zero attached hydrogens (tertiary/aromatic N) is 3. The van der Waals surface area contributed by atoms with E-state index < -0.39 is 6.04 Å². The predicted molar refractivity (Wildman–Crippen MR) is 140 cm³/mol. The SMILES string of the molecule is CCOc1cc(C2C(C(=O)Nc3cccc(C)c3C)=C(C)Nc3ncnn32)cc(Br)c1OC(C)C. The first-order chi connectivity index (χ1) is 16.7. The van der Waals surface area contributed by atoms with Crippen molar-refractivity contribution in [2.75, 3.05) is 17.2 Å². The predicted octanol–water partition coefficient (Wildman–Crippen LogP) is 5.77. The highest BCUT2D eigenvalue weighted by atomic mass is 79.9. The molecule has 9 heteroatoms. The van der Waals surface area contributed by atoms with Gasteiger partial charge in [0.2, 0.25) is 5.95 Å². The van der Waals surface area contributed by atoms with Crippen LogP contribution >= 0.6 is 15.9 Å².